The Balaban J connectivity index is 1.83. The second kappa shape index (κ2) is 6.80. The van der Waals surface area contributed by atoms with Crippen LogP contribution in [0.25, 0.3) is 5.69 Å². The van der Waals surface area contributed by atoms with E-state index in [1.165, 1.54) is 16.6 Å². The monoisotopic (exact) mass is 341 g/mol. The summed E-state index contributed by atoms with van der Waals surface area (Å²) in [5.41, 5.74) is 2.95. The van der Waals surface area contributed by atoms with E-state index in [1.54, 1.807) is 18.2 Å². The number of nitrogens with one attached hydrogen (secondary N) is 1. The first-order chi connectivity index (χ1) is 11.5. The highest BCUT2D eigenvalue weighted by Crippen LogP contribution is 2.22. The van der Waals surface area contributed by atoms with Crippen molar-refractivity contribution in [2.75, 3.05) is 5.32 Å². The van der Waals surface area contributed by atoms with Gasteiger partial charge in [-0.05, 0) is 52.2 Å². The molecule has 0 atom stereocenters. The number of halogens is 1. The third-order valence-corrected chi connectivity index (χ3v) is 3.97. The number of amides is 1. The fourth-order valence-corrected chi connectivity index (χ4v) is 2.46. The zero-order valence-corrected chi connectivity index (χ0v) is 14.0. The summed E-state index contributed by atoms with van der Waals surface area (Å²) in [5.74, 6) is 0.157. The molecule has 2 aromatic carbocycles. The topological polar surface area (TPSA) is 72.7 Å². The molecule has 0 aliphatic carbocycles. The molecule has 3 rings (SSSR count). The second-order valence-corrected chi connectivity index (χ2v) is 6.06. The number of rotatable bonds is 4. The maximum atomic E-state index is 12.5. The van der Waals surface area contributed by atoms with E-state index in [-0.39, 0.29) is 5.91 Å². The Morgan fingerprint density at radius 3 is 2.54 bits per heavy atom. The molecule has 1 amide bonds. The van der Waals surface area contributed by atoms with E-state index in [2.05, 4.69) is 34.7 Å². The molecular formula is C17H16ClN5O. The highest BCUT2D eigenvalue weighted by atomic mass is 35.5. The first-order valence-corrected chi connectivity index (χ1v) is 7.86. The van der Waals surface area contributed by atoms with Gasteiger partial charge < -0.3 is 5.32 Å². The van der Waals surface area contributed by atoms with Gasteiger partial charge >= 0.3 is 0 Å². The number of hydrogen-bond donors (Lipinski definition) is 1. The Kier molecular flexibility index (Phi) is 4.57. The van der Waals surface area contributed by atoms with Gasteiger partial charge in [0.05, 0.1) is 16.3 Å². The van der Waals surface area contributed by atoms with Gasteiger partial charge in [-0.3, -0.25) is 4.79 Å². The third kappa shape index (κ3) is 3.44. The summed E-state index contributed by atoms with van der Waals surface area (Å²) < 4.78 is 1.46. The van der Waals surface area contributed by atoms with Gasteiger partial charge in [-0.25, -0.2) is 4.68 Å². The lowest BCUT2D eigenvalue weighted by Crippen LogP contribution is -2.13. The second-order valence-electron chi connectivity index (χ2n) is 5.65. The quantitative estimate of drug-likeness (QED) is 0.785. The molecule has 6 nitrogen and oxygen atoms in total. The molecule has 0 saturated heterocycles. The Hall–Kier alpha value is -2.73. The summed E-state index contributed by atoms with van der Waals surface area (Å²) in [6, 6.07) is 12.8. The van der Waals surface area contributed by atoms with E-state index in [0.717, 1.165) is 0 Å². The Morgan fingerprint density at radius 2 is 1.92 bits per heavy atom. The molecule has 0 aliphatic heterocycles. The van der Waals surface area contributed by atoms with E-state index in [1.807, 2.05) is 24.3 Å². The van der Waals surface area contributed by atoms with Crippen LogP contribution >= 0.6 is 11.6 Å². The molecule has 0 bridgehead atoms. The average Bonchev–Trinajstić information content (AvgIpc) is 3.10. The van der Waals surface area contributed by atoms with Crippen LogP contribution in [0.2, 0.25) is 5.02 Å². The molecule has 1 aromatic heterocycles. The number of benzene rings is 2. The lowest BCUT2D eigenvalue weighted by atomic mass is 10.0. The standard InChI is InChI=1S/C17H16ClN5O/c1-11(2)12-3-5-13(6-4-12)20-17(24)15-9-14(7-8-16(15)18)23-10-19-21-22-23/h3-11H,1-2H3,(H,20,24). The number of aromatic nitrogens is 4. The van der Waals surface area contributed by atoms with Crippen LogP contribution in [0.5, 0.6) is 0 Å². The number of tetrazole rings is 1. The number of hydrogen-bond acceptors (Lipinski definition) is 4. The molecule has 1 N–H and O–H groups in total. The number of anilines is 1. The maximum Gasteiger partial charge on any atom is 0.257 e. The van der Waals surface area contributed by atoms with Gasteiger partial charge in [0.15, 0.2) is 0 Å². The highest BCUT2D eigenvalue weighted by Gasteiger charge is 2.13. The van der Waals surface area contributed by atoms with Crippen molar-refractivity contribution in [3.63, 3.8) is 0 Å². The third-order valence-electron chi connectivity index (χ3n) is 3.64. The molecule has 0 spiro atoms. The predicted octanol–water partition coefficient (Wildman–Crippen LogP) is 3.69. The van der Waals surface area contributed by atoms with Crippen LogP contribution in [0.1, 0.15) is 35.7 Å². The van der Waals surface area contributed by atoms with E-state index in [4.69, 9.17) is 11.6 Å². The minimum absolute atomic E-state index is 0.285. The summed E-state index contributed by atoms with van der Waals surface area (Å²) in [7, 11) is 0. The molecule has 0 unspecified atom stereocenters. The largest absolute Gasteiger partial charge is 0.322 e. The molecule has 0 saturated carbocycles. The van der Waals surface area contributed by atoms with Crippen LogP contribution in [0.15, 0.2) is 48.8 Å². The molecule has 0 fully saturated rings. The predicted molar refractivity (Wildman–Crippen MR) is 92.6 cm³/mol. The smallest absolute Gasteiger partial charge is 0.257 e. The summed E-state index contributed by atoms with van der Waals surface area (Å²) >= 11 is 6.16. The van der Waals surface area contributed by atoms with Crippen LogP contribution in [0, 0.1) is 0 Å². The van der Waals surface area contributed by atoms with Crippen LogP contribution in [-0.2, 0) is 0 Å². The molecule has 3 aromatic rings. The van der Waals surface area contributed by atoms with Crippen molar-refractivity contribution >= 4 is 23.2 Å². The summed E-state index contributed by atoms with van der Waals surface area (Å²) in [5, 5.41) is 14.2. The fourth-order valence-electron chi connectivity index (χ4n) is 2.26. The first-order valence-electron chi connectivity index (χ1n) is 7.49. The van der Waals surface area contributed by atoms with Crippen LogP contribution in [-0.4, -0.2) is 26.1 Å². The molecule has 7 heteroatoms. The van der Waals surface area contributed by atoms with E-state index in [0.29, 0.717) is 27.9 Å². The zero-order chi connectivity index (χ0) is 17.1. The molecular weight excluding hydrogens is 326 g/mol. The molecule has 0 radical (unpaired) electrons. The summed E-state index contributed by atoms with van der Waals surface area (Å²) in [4.78, 5) is 12.5. The van der Waals surface area contributed by atoms with Crippen molar-refractivity contribution < 1.29 is 4.79 Å². The van der Waals surface area contributed by atoms with Gasteiger partial charge in [-0.15, -0.1) is 5.10 Å². The van der Waals surface area contributed by atoms with Gasteiger partial charge in [0.2, 0.25) is 0 Å². The number of carbonyl (C=O) groups excluding carboxylic acids is 1. The molecule has 0 aliphatic rings. The normalized spacial score (nSPS) is 10.8. The van der Waals surface area contributed by atoms with Gasteiger partial charge in [-0.1, -0.05) is 37.6 Å². The first kappa shape index (κ1) is 16.1. The zero-order valence-electron chi connectivity index (χ0n) is 13.3. The molecule has 1 heterocycles. The molecule has 24 heavy (non-hydrogen) atoms. The summed E-state index contributed by atoms with van der Waals surface area (Å²) in [6.45, 7) is 4.25. The maximum absolute atomic E-state index is 12.5. The summed E-state index contributed by atoms with van der Waals surface area (Å²) in [6.07, 6.45) is 1.45. The van der Waals surface area contributed by atoms with Crippen molar-refractivity contribution in [2.45, 2.75) is 19.8 Å². The van der Waals surface area contributed by atoms with Crippen molar-refractivity contribution in [1.29, 1.82) is 0 Å². The number of carbonyl (C=O) groups is 1. The number of nitrogens with zero attached hydrogens (tertiary/aromatic N) is 4. The van der Waals surface area contributed by atoms with E-state index >= 15 is 0 Å². The van der Waals surface area contributed by atoms with E-state index < -0.39 is 0 Å². The van der Waals surface area contributed by atoms with Crippen molar-refractivity contribution in [1.82, 2.24) is 20.2 Å². The van der Waals surface area contributed by atoms with Crippen molar-refractivity contribution in [2.24, 2.45) is 0 Å². The highest BCUT2D eigenvalue weighted by molar-refractivity contribution is 6.34. The SMILES string of the molecule is CC(C)c1ccc(NC(=O)c2cc(-n3cnnn3)ccc2Cl)cc1. The van der Waals surface area contributed by atoms with Gasteiger partial charge in [0, 0.05) is 5.69 Å². The average molecular weight is 342 g/mol. The Morgan fingerprint density at radius 1 is 1.17 bits per heavy atom. The Bertz CT molecular complexity index is 844. The van der Waals surface area contributed by atoms with Crippen molar-refractivity contribution in [3.8, 4) is 5.69 Å². The van der Waals surface area contributed by atoms with E-state index in [9.17, 15) is 4.79 Å². The van der Waals surface area contributed by atoms with Crippen LogP contribution in [0.4, 0.5) is 5.69 Å². The minimum Gasteiger partial charge on any atom is -0.322 e. The lowest BCUT2D eigenvalue weighted by Gasteiger charge is -2.10. The van der Waals surface area contributed by atoms with Crippen molar-refractivity contribution in [3.05, 3.63) is 64.9 Å². The van der Waals surface area contributed by atoms with Gasteiger partial charge in [0.25, 0.3) is 5.91 Å². The van der Waals surface area contributed by atoms with Gasteiger partial charge in [-0.2, -0.15) is 0 Å². The van der Waals surface area contributed by atoms with Gasteiger partial charge in [0.1, 0.15) is 6.33 Å². The van der Waals surface area contributed by atoms with Crippen LogP contribution in [0.3, 0.4) is 0 Å². The lowest BCUT2D eigenvalue weighted by molar-refractivity contribution is 0.102. The fraction of sp³-hybridized carbons (Fsp3) is 0.176. The Labute approximate surface area is 144 Å². The molecule has 122 valence electrons. The minimum atomic E-state index is -0.285. The van der Waals surface area contributed by atoms with Crippen LogP contribution < -0.4 is 5.32 Å².